The number of rotatable bonds is 4. The molecule has 6 rings (SSSR count). The van der Waals surface area contributed by atoms with Crippen molar-refractivity contribution in [2.24, 2.45) is 12.0 Å². The predicted molar refractivity (Wildman–Crippen MR) is 170 cm³/mol. The van der Waals surface area contributed by atoms with Gasteiger partial charge in [-0.1, -0.05) is 17.7 Å². The van der Waals surface area contributed by atoms with Crippen LogP contribution in [0.4, 0.5) is 10.8 Å². The van der Waals surface area contributed by atoms with Crippen LogP contribution in [0.2, 0.25) is 5.02 Å². The molecule has 1 fully saturated rings. The molecule has 0 aliphatic carbocycles. The number of ether oxygens (including phenoxy) is 1. The maximum Gasteiger partial charge on any atom is 0.385 e. The molecular weight excluding hydrogens is 598 g/mol. The van der Waals surface area contributed by atoms with Crippen molar-refractivity contribution >= 4 is 88.7 Å². The van der Waals surface area contributed by atoms with Crippen LogP contribution >= 0.6 is 46.0 Å². The molecule has 1 amide bonds. The zero-order valence-corrected chi connectivity index (χ0v) is 25.8. The van der Waals surface area contributed by atoms with E-state index in [1.165, 1.54) is 34.4 Å². The maximum atomic E-state index is 14.2. The number of methoxy groups -OCH3 is 1. The van der Waals surface area contributed by atoms with Gasteiger partial charge >= 0.3 is 5.13 Å². The number of benzene rings is 2. The largest absolute Gasteiger partial charge is 0.497 e. The molecule has 2 aliphatic rings. The van der Waals surface area contributed by atoms with Crippen molar-refractivity contribution in [1.82, 2.24) is 9.47 Å². The molecule has 4 heterocycles. The highest BCUT2D eigenvalue weighted by Crippen LogP contribution is 2.38. The molecule has 0 spiro atoms. The molecule has 12 heteroatoms. The first-order valence-corrected chi connectivity index (χ1v) is 15.5. The number of carbonyl (C=O) groups excluding carboxylic acids is 1. The zero-order chi connectivity index (χ0) is 28.8. The summed E-state index contributed by atoms with van der Waals surface area (Å²) in [4.78, 5) is 36.7. The van der Waals surface area contributed by atoms with Crippen LogP contribution in [-0.2, 0) is 18.4 Å². The summed E-state index contributed by atoms with van der Waals surface area (Å²) < 4.78 is 11.2. The van der Waals surface area contributed by atoms with Gasteiger partial charge in [-0.05, 0) is 89.6 Å². The molecular formula is C29H25ClN5O3S3+. The highest BCUT2D eigenvalue weighted by molar-refractivity contribution is 8.23. The average molecular weight is 623 g/mol. The first-order chi connectivity index (χ1) is 19.8. The second kappa shape index (κ2) is 11.0. The fourth-order valence-corrected chi connectivity index (χ4v) is 8.40. The molecule has 0 N–H and O–H groups in total. The summed E-state index contributed by atoms with van der Waals surface area (Å²) in [5.74, 6) is 0.445. The Morgan fingerprint density at radius 3 is 2.56 bits per heavy atom. The molecule has 208 valence electrons. The summed E-state index contributed by atoms with van der Waals surface area (Å²) in [6.07, 6.45) is 7.64. The summed E-state index contributed by atoms with van der Waals surface area (Å²) >= 11 is 10.3. The molecule has 0 unspecified atom stereocenters. The van der Waals surface area contributed by atoms with Gasteiger partial charge in [0, 0.05) is 24.8 Å². The second-order valence-electron chi connectivity index (χ2n) is 9.20. The lowest BCUT2D eigenvalue weighted by Crippen LogP contribution is -2.35. The number of fused-ring (bicyclic) bond motifs is 1. The van der Waals surface area contributed by atoms with E-state index in [0.717, 1.165) is 15.9 Å². The van der Waals surface area contributed by atoms with Crippen molar-refractivity contribution < 1.29 is 14.1 Å². The third kappa shape index (κ3) is 4.82. The molecule has 0 radical (unpaired) electrons. The van der Waals surface area contributed by atoms with E-state index < -0.39 is 0 Å². The van der Waals surface area contributed by atoms with E-state index in [1.54, 1.807) is 16.6 Å². The van der Waals surface area contributed by atoms with E-state index in [1.807, 2.05) is 97.4 Å². The topological polar surface area (TPSA) is 71.0 Å². The van der Waals surface area contributed by atoms with Crippen LogP contribution in [0.15, 0.2) is 76.7 Å². The van der Waals surface area contributed by atoms with Gasteiger partial charge in [-0.25, -0.2) is 9.47 Å². The van der Waals surface area contributed by atoms with Crippen LogP contribution in [0, 0.1) is 0 Å². The minimum Gasteiger partial charge on any atom is -0.497 e. The highest BCUT2D eigenvalue weighted by Gasteiger charge is 2.40. The van der Waals surface area contributed by atoms with Gasteiger partial charge < -0.3 is 9.64 Å². The number of thioether (sulfide) groups is 1. The Kier molecular flexibility index (Phi) is 7.37. The Hall–Kier alpha value is -3.64. The number of carbonyl (C=O) groups is 1. The van der Waals surface area contributed by atoms with E-state index in [9.17, 15) is 9.59 Å². The lowest BCUT2D eigenvalue weighted by atomic mass is 10.2. The number of aromatic nitrogens is 2. The molecule has 41 heavy (non-hydrogen) atoms. The Balaban J connectivity index is 1.58. The number of hydrogen-bond donors (Lipinski definition) is 0. The fourth-order valence-electron chi connectivity index (χ4n) is 4.62. The number of nitrogens with zero attached hydrogens (tertiary/aromatic N) is 5. The van der Waals surface area contributed by atoms with E-state index in [2.05, 4.69) is 0 Å². The first-order valence-electron chi connectivity index (χ1n) is 12.7. The number of aryl methyl sites for hydroxylation is 1. The molecule has 0 saturated carbocycles. The molecule has 4 aromatic rings. The molecule has 0 atom stereocenters. The third-order valence-corrected chi connectivity index (χ3v) is 10.4. The number of thiazole rings is 2. The Morgan fingerprint density at radius 2 is 1.85 bits per heavy atom. The normalized spacial score (nSPS) is 18.9. The summed E-state index contributed by atoms with van der Waals surface area (Å²) in [6.45, 7) is 2.34. The van der Waals surface area contributed by atoms with Crippen molar-refractivity contribution in [3.63, 3.8) is 0 Å². The first kappa shape index (κ1) is 27.5. The molecule has 2 aromatic carbocycles. The molecule has 1 saturated heterocycles. The van der Waals surface area contributed by atoms with Gasteiger partial charge in [0.05, 0.1) is 30.2 Å². The van der Waals surface area contributed by atoms with Gasteiger partial charge in [0.15, 0.2) is 0 Å². The quantitative estimate of drug-likeness (QED) is 0.317. The number of hydrogen-bond acceptors (Lipinski definition) is 8. The van der Waals surface area contributed by atoms with Crippen LogP contribution < -0.4 is 29.0 Å². The average Bonchev–Trinajstić information content (AvgIpc) is 3.58. The highest BCUT2D eigenvalue weighted by atomic mass is 35.5. The Labute approximate surface area is 253 Å². The number of likely N-dealkylation sites (N-methyl/N-ethyl adjacent to an activating group) is 1. The molecule has 2 aliphatic heterocycles. The van der Waals surface area contributed by atoms with E-state index >= 15 is 0 Å². The number of anilines is 1. The summed E-state index contributed by atoms with van der Waals surface area (Å²) in [6, 6.07) is 13.0. The van der Waals surface area contributed by atoms with Gasteiger partial charge in [-0.3, -0.25) is 14.2 Å². The van der Waals surface area contributed by atoms with Crippen molar-refractivity contribution in [3.05, 3.63) is 91.5 Å². The standard InChI is InChI=1S/C29H25ClN5O3S3/c1-5-34-25(36)23(21-8-6-7-15-32(21)2)40-27(34)24-26(37)35(18-10-12-19(38-4)13-11-18)29(41-24)31-28-33(3)20-14-9-17(30)16-22(20)39-28/h6-16H,5H2,1-4H3/q+1. The lowest BCUT2D eigenvalue weighted by Gasteiger charge is -2.16. The van der Waals surface area contributed by atoms with Crippen LogP contribution in [0.5, 0.6) is 5.75 Å². The van der Waals surface area contributed by atoms with Crippen molar-refractivity contribution in [2.45, 2.75) is 13.5 Å². The van der Waals surface area contributed by atoms with Crippen molar-refractivity contribution in [1.29, 1.82) is 0 Å². The summed E-state index contributed by atoms with van der Waals surface area (Å²) in [5, 5.41) is 1.87. The van der Waals surface area contributed by atoms with Crippen LogP contribution in [0.3, 0.4) is 0 Å². The number of aliphatic imine (C=N–C) groups is 1. The Bertz CT molecular complexity index is 1990. The monoisotopic (exact) mass is 622 g/mol. The van der Waals surface area contributed by atoms with Crippen LogP contribution in [0.25, 0.3) is 20.8 Å². The molecule has 0 bridgehead atoms. The van der Waals surface area contributed by atoms with E-state index in [0.29, 0.717) is 47.4 Å². The molecule has 2 aromatic heterocycles. The lowest BCUT2D eigenvalue weighted by molar-refractivity contribution is -0.627. The number of amidine groups is 1. The van der Waals surface area contributed by atoms with Gasteiger partial charge in [0.2, 0.25) is 0 Å². The van der Waals surface area contributed by atoms with Crippen molar-refractivity contribution in [3.8, 4) is 5.75 Å². The van der Waals surface area contributed by atoms with Gasteiger partial charge in [-0.15, -0.1) is 11.3 Å². The van der Waals surface area contributed by atoms with E-state index in [4.69, 9.17) is 21.3 Å². The summed E-state index contributed by atoms with van der Waals surface area (Å²) in [5.41, 5.74) is 2.32. The minimum absolute atomic E-state index is 0.121. The van der Waals surface area contributed by atoms with Crippen LogP contribution in [0.1, 0.15) is 6.92 Å². The smallest absolute Gasteiger partial charge is 0.385 e. The van der Waals surface area contributed by atoms with Gasteiger partial charge in [0.1, 0.15) is 25.4 Å². The van der Waals surface area contributed by atoms with Crippen molar-refractivity contribution in [2.75, 3.05) is 19.1 Å². The predicted octanol–water partition coefficient (Wildman–Crippen LogP) is 4.33. The maximum absolute atomic E-state index is 14.2. The summed E-state index contributed by atoms with van der Waals surface area (Å²) in [7, 11) is 5.45. The number of amides is 1. The molecule has 8 nitrogen and oxygen atoms in total. The second-order valence-corrected chi connectivity index (χ2v) is 12.6. The Morgan fingerprint density at radius 1 is 1.07 bits per heavy atom. The van der Waals surface area contributed by atoms with Gasteiger partial charge in [-0.2, -0.15) is 0 Å². The fraction of sp³-hybridized carbons (Fsp3) is 0.172. The van der Waals surface area contributed by atoms with Crippen LogP contribution in [-0.4, -0.2) is 34.7 Å². The van der Waals surface area contributed by atoms with Gasteiger partial charge in [0.25, 0.3) is 16.6 Å². The number of halogens is 1. The SMILES string of the molecule is CCn1c(=C2SC(=Nc3sc4cc(Cl)ccc4[n+]3C)N(c3ccc(OC)cc3)C2=O)sc(=C2C=CC=CN2C)c1=O. The number of allylic oxidation sites excluding steroid dienone is 2. The zero-order valence-electron chi connectivity index (χ0n) is 22.6. The van der Waals surface area contributed by atoms with E-state index in [-0.39, 0.29) is 11.5 Å². The minimum atomic E-state index is -0.238. The third-order valence-electron chi connectivity index (χ3n) is 6.76.